The van der Waals surface area contributed by atoms with Crippen LogP contribution in [0.1, 0.15) is 37.2 Å². The minimum atomic E-state index is -0.197. The van der Waals surface area contributed by atoms with Crippen LogP contribution in [0.5, 0.6) is 0 Å². The summed E-state index contributed by atoms with van der Waals surface area (Å²) in [6.07, 6.45) is 3.99. The molecule has 7 heteroatoms. The summed E-state index contributed by atoms with van der Waals surface area (Å²) in [6, 6.07) is 3.35. The number of hydrogen-bond donors (Lipinski definition) is 2. The molecule has 0 bridgehead atoms. The van der Waals surface area contributed by atoms with Crippen LogP contribution in [0.2, 0.25) is 0 Å². The third-order valence-electron chi connectivity index (χ3n) is 3.70. The van der Waals surface area contributed by atoms with E-state index in [1.54, 1.807) is 12.1 Å². The van der Waals surface area contributed by atoms with Gasteiger partial charge in [-0.15, -0.1) is 24.0 Å². The maximum atomic E-state index is 11.7. The number of halogens is 1. The predicted molar refractivity (Wildman–Crippen MR) is 102 cm³/mol. The Hall–Kier alpha value is -1.25. The molecule has 130 valence electrons. The van der Waals surface area contributed by atoms with Crippen LogP contribution >= 0.6 is 24.0 Å². The molecule has 6 nitrogen and oxygen atoms in total. The lowest BCUT2D eigenvalue weighted by molar-refractivity contribution is 0.0927. The number of likely N-dealkylation sites (tertiary alicyclic amines) is 1. The van der Waals surface area contributed by atoms with Gasteiger partial charge in [-0.05, 0) is 37.8 Å². The summed E-state index contributed by atoms with van der Waals surface area (Å²) in [5.74, 6) is 1.79. The van der Waals surface area contributed by atoms with Gasteiger partial charge >= 0.3 is 0 Å². The zero-order valence-corrected chi connectivity index (χ0v) is 16.2. The molecule has 1 saturated heterocycles. The molecular weight excluding hydrogens is 407 g/mol. The summed E-state index contributed by atoms with van der Waals surface area (Å²) in [5.41, 5.74) is 0. The van der Waals surface area contributed by atoms with Crippen LogP contribution in [0.15, 0.2) is 27.8 Å². The minimum absolute atomic E-state index is 0. The fourth-order valence-electron chi connectivity index (χ4n) is 2.63. The quantitative estimate of drug-likeness (QED) is 0.323. The van der Waals surface area contributed by atoms with Gasteiger partial charge in [0.05, 0.1) is 12.8 Å². The molecule has 1 aromatic rings. The van der Waals surface area contributed by atoms with E-state index in [0.717, 1.165) is 25.6 Å². The van der Waals surface area contributed by atoms with Gasteiger partial charge in [-0.1, -0.05) is 6.92 Å². The van der Waals surface area contributed by atoms with Crippen molar-refractivity contribution in [3.63, 3.8) is 0 Å². The topological polar surface area (TPSA) is 69.9 Å². The molecule has 1 aliphatic heterocycles. The Morgan fingerprint density at radius 3 is 2.96 bits per heavy atom. The van der Waals surface area contributed by atoms with Gasteiger partial charge in [-0.3, -0.25) is 9.79 Å². The van der Waals surface area contributed by atoms with E-state index in [-0.39, 0.29) is 29.9 Å². The highest BCUT2D eigenvalue weighted by atomic mass is 127. The number of guanidine groups is 1. The molecule has 1 aliphatic rings. The zero-order chi connectivity index (χ0) is 15.8. The Morgan fingerprint density at radius 1 is 1.48 bits per heavy atom. The normalized spacial score (nSPS) is 18.3. The molecule has 1 atom stereocenters. The molecule has 0 aromatic carbocycles. The second kappa shape index (κ2) is 10.5. The average Bonchev–Trinajstić information content (AvgIpc) is 3.04. The maximum absolute atomic E-state index is 11.7. The fourth-order valence-corrected chi connectivity index (χ4v) is 2.63. The first-order valence-corrected chi connectivity index (χ1v) is 8.05. The minimum Gasteiger partial charge on any atom is -0.459 e. The molecule has 2 rings (SSSR count). The van der Waals surface area contributed by atoms with Crippen molar-refractivity contribution in [3.05, 3.63) is 24.2 Å². The first kappa shape index (κ1) is 19.8. The van der Waals surface area contributed by atoms with E-state index in [4.69, 9.17) is 4.42 Å². The first-order valence-electron chi connectivity index (χ1n) is 8.05. The van der Waals surface area contributed by atoms with Crippen molar-refractivity contribution in [2.45, 2.75) is 26.7 Å². The Labute approximate surface area is 155 Å². The maximum Gasteiger partial charge on any atom is 0.287 e. The lowest BCUT2D eigenvalue weighted by Crippen LogP contribution is -2.46. The summed E-state index contributed by atoms with van der Waals surface area (Å²) in [5, 5.41) is 6.14. The van der Waals surface area contributed by atoms with Crippen molar-refractivity contribution in [3.8, 4) is 0 Å². The molecule has 1 unspecified atom stereocenters. The summed E-state index contributed by atoms with van der Waals surface area (Å²) in [4.78, 5) is 18.7. The van der Waals surface area contributed by atoms with Crippen molar-refractivity contribution < 1.29 is 9.21 Å². The molecule has 0 aliphatic carbocycles. The number of carbonyl (C=O) groups is 1. The molecule has 23 heavy (non-hydrogen) atoms. The molecular formula is C16H27IN4O2. The average molecular weight is 434 g/mol. The number of carbonyl (C=O) groups excluding carboxylic acids is 1. The van der Waals surface area contributed by atoms with Crippen LogP contribution in [0.4, 0.5) is 0 Å². The van der Waals surface area contributed by atoms with E-state index in [0.29, 0.717) is 24.8 Å². The van der Waals surface area contributed by atoms with E-state index < -0.39 is 0 Å². The largest absolute Gasteiger partial charge is 0.459 e. The Bertz CT molecular complexity index is 490. The highest BCUT2D eigenvalue weighted by Gasteiger charge is 2.18. The first-order chi connectivity index (χ1) is 10.7. The van der Waals surface area contributed by atoms with Crippen LogP contribution in [-0.4, -0.2) is 49.5 Å². The van der Waals surface area contributed by atoms with Crippen molar-refractivity contribution in [1.82, 2.24) is 15.5 Å². The van der Waals surface area contributed by atoms with E-state index in [1.165, 1.54) is 19.1 Å². The van der Waals surface area contributed by atoms with Gasteiger partial charge in [0.25, 0.3) is 5.91 Å². The third kappa shape index (κ3) is 6.40. The summed E-state index contributed by atoms with van der Waals surface area (Å²) in [6.45, 7) is 8.35. The van der Waals surface area contributed by atoms with E-state index in [2.05, 4.69) is 34.4 Å². The van der Waals surface area contributed by atoms with Crippen molar-refractivity contribution >= 4 is 35.8 Å². The number of hydrogen-bond acceptors (Lipinski definition) is 3. The number of amides is 1. The second-order valence-electron chi connectivity index (χ2n) is 5.66. The zero-order valence-electron chi connectivity index (χ0n) is 13.9. The smallest absolute Gasteiger partial charge is 0.287 e. The number of rotatable bonds is 5. The van der Waals surface area contributed by atoms with Gasteiger partial charge in [0.1, 0.15) is 0 Å². The third-order valence-corrected chi connectivity index (χ3v) is 3.70. The lowest BCUT2D eigenvalue weighted by atomic mass is 10.0. The van der Waals surface area contributed by atoms with Crippen molar-refractivity contribution in [1.29, 1.82) is 0 Å². The molecule has 0 radical (unpaired) electrons. The highest BCUT2D eigenvalue weighted by molar-refractivity contribution is 14.0. The van der Waals surface area contributed by atoms with Gasteiger partial charge in [-0.2, -0.15) is 0 Å². The molecule has 2 heterocycles. The lowest BCUT2D eigenvalue weighted by Gasteiger charge is -2.33. The second-order valence-corrected chi connectivity index (χ2v) is 5.66. The van der Waals surface area contributed by atoms with Gasteiger partial charge in [0.2, 0.25) is 0 Å². The molecule has 2 N–H and O–H groups in total. The standard InChI is InChI=1S/C16H26N4O2.HI/c1-3-17-16(20-10-4-6-13(2)12-20)19-9-8-18-15(21)14-7-5-11-22-14;/h5,7,11,13H,3-4,6,8-10,12H2,1-2H3,(H,17,19)(H,18,21);1H. The van der Waals surface area contributed by atoms with E-state index in [9.17, 15) is 4.79 Å². The number of nitrogens with one attached hydrogen (secondary N) is 2. The number of nitrogens with zero attached hydrogens (tertiary/aromatic N) is 2. The van der Waals surface area contributed by atoms with Gasteiger partial charge in [0, 0.05) is 26.2 Å². The molecule has 0 saturated carbocycles. The van der Waals surface area contributed by atoms with E-state index in [1.807, 2.05) is 0 Å². The Kier molecular flexibility index (Phi) is 9.05. The van der Waals surface area contributed by atoms with Crippen LogP contribution in [0.3, 0.4) is 0 Å². The van der Waals surface area contributed by atoms with Crippen LogP contribution in [-0.2, 0) is 0 Å². The van der Waals surface area contributed by atoms with Crippen LogP contribution < -0.4 is 10.6 Å². The molecule has 1 amide bonds. The number of furan rings is 1. The van der Waals surface area contributed by atoms with E-state index >= 15 is 0 Å². The summed E-state index contributed by atoms with van der Waals surface area (Å²) < 4.78 is 5.05. The molecule has 1 fully saturated rings. The van der Waals surface area contributed by atoms with Crippen LogP contribution in [0, 0.1) is 5.92 Å². The monoisotopic (exact) mass is 434 g/mol. The van der Waals surface area contributed by atoms with Gasteiger partial charge < -0.3 is 20.0 Å². The van der Waals surface area contributed by atoms with Gasteiger partial charge in [0.15, 0.2) is 11.7 Å². The van der Waals surface area contributed by atoms with Gasteiger partial charge in [-0.25, -0.2) is 0 Å². The number of aliphatic imine (C=N–C) groups is 1. The SMILES string of the molecule is CCNC(=NCCNC(=O)c1ccco1)N1CCCC(C)C1.I. The Balaban J connectivity index is 0.00000264. The fraction of sp³-hybridized carbons (Fsp3) is 0.625. The Morgan fingerprint density at radius 2 is 2.30 bits per heavy atom. The van der Waals surface area contributed by atoms with Crippen molar-refractivity contribution in [2.24, 2.45) is 10.9 Å². The molecule has 1 aromatic heterocycles. The summed E-state index contributed by atoms with van der Waals surface area (Å²) >= 11 is 0. The van der Waals surface area contributed by atoms with Crippen molar-refractivity contribution in [2.75, 3.05) is 32.7 Å². The predicted octanol–water partition coefficient (Wildman–Crippen LogP) is 2.32. The molecule has 0 spiro atoms. The number of piperidine rings is 1. The summed E-state index contributed by atoms with van der Waals surface area (Å²) in [7, 11) is 0. The van der Waals surface area contributed by atoms with Crippen LogP contribution in [0.25, 0.3) is 0 Å². The highest BCUT2D eigenvalue weighted by Crippen LogP contribution is 2.15.